The monoisotopic (exact) mass is 496 g/mol. The van der Waals surface area contributed by atoms with Gasteiger partial charge in [-0.3, -0.25) is 9.69 Å². The first-order valence-corrected chi connectivity index (χ1v) is 12.7. The van der Waals surface area contributed by atoms with Gasteiger partial charge in [0.25, 0.3) is 5.56 Å². The molecule has 0 bridgehead atoms. The molecule has 0 fully saturated rings. The average Bonchev–Trinajstić information content (AvgIpc) is 3.59. The fourth-order valence-electron chi connectivity index (χ4n) is 4.89. The van der Waals surface area contributed by atoms with Crippen LogP contribution in [-0.2, 0) is 19.5 Å². The molecule has 8 heteroatoms. The molecule has 0 saturated heterocycles. The molecule has 37 heavy (non-hydrogen) atoms. The normalized spacial score (nSPS) is 12.4. The van der Waals surface area contributed by atoms with E-state index in [1.54, 1.807) is 10.9 Å². The number of tetrazole rings is 1. The third-order valence-electron chi connectivity index (χ3n) is 7.10. The highest BCUT2D eigenvalue weighted by atomic mass is 16.3. The maximum absolute atomic E-state index is 13.2. The number of hydrogen-bond acceptors (Lipinski definition) is 6. The maximum Gasteiger partial charge on any atom is 0.252 e. The van der Waals surface area contributed by atoms with Crippen LogP contribution in [0.4, 0.5) is 0 Å². The Morgan fingerprint density at radius 3 is 2.68 bits per heavy atom. The molecule has 0 unspecified atom stereocenters. The van der Waals surface area contributed by atoms with Crippen molar-refractivity contribution >= 4 is 10.9 Å². The zero-order valence-corrected chi connectivity index (χ0v) is 21.5. The SMILES string of the molecule is CC[C@H](c1nnnn1Cc1ccco1)N(CCc1ccccc1)Cc1cc2ccc(C)c(C)c2[nH]c1=O. The molecule has 0 saturated carbocycles. The van der Waals surface area contributed by atoms with Crippen molar-refractivity contribution in [1.82, 2.24) is 30.1 Å². The molecule has 0 radical (unpaired) electrons. The standard InChI is InChI=1S/C29H32N6O2/c1-4-26(28-31-32-33-35(28)19-25-11-8-16-37-25)34(15-14-22-9-6-5-7-10-22)18-24-17-23-13-12-20(2)21(3)27(23)30-29(24)36/h5-13,16-17,26H,4,14-15,18-19H2,1-3H3,(H,30,36)/t26-/m1/s1. The average molecular weight is 497 g/mol. The van der Waals surface area contributed by atoms with Crippen LogP contribution < -0.4 is 5.56 Å². The summed E-state index contributed by atoms with van der Waals surface area (Å²) in [4.78, 5) is 18.7. The second kappa shape index (κ2) is 10.9. The molecule has 0 aliphatic carbocycles. The quantitative estimate of drug-likeness (QED) is 0.294. The number of aryl methyl sites for hydroxylation is 2. The van der Waals surface area contributed by atoms with Gasteiger partial charge in [-0.05, 0) is 77.4 Å². The zero-order valence-electron chi connectivity index (χ0n) is 21.5. The first kappa shape index (κ1) is 24.6. The molecule has 0 spiro atoms. The van der Waals surface area contributed by atoms with Gasteiger partial charge in [-0.2, -0.15) is 0 Å². The van der Waals surface area contributed by atoms with Gasteiger partial charge in [0, 0.05) is 18.7 Å². The Labute approximate surface area is 215 Å². The summed E-state index contributed by atoms with van der Waals surface area (Å²) >= 11 is 0. The predicted octanol–water partition coefficient (Wildman–Crippen LogP) is 4.97. The van der Waals surface area contributed by atoms with Gasteiger partial charge in [-0.15, -0.1) is 5.10 Å². The van der Waals surface area contributed by atoms with Gasteiger partial charge in [0.2, 0.25) is 0 Å². The Hall–Kier alpha value is -4.04. The van der Waals surface area contributed by atoms with Crippen LogP contribution in [0.5, 0.6) is 0 Å². The van der Waals surface area contributed by atoms with Gasteiger partial charge >= 0.3 is 0 Å². The molecular formula is C29H32N6O2. The van der Waals surface area contributed by atoms with E-state index in [2.05, 4.69) is 75.7 Å². The van der Waals surface area contributed by atoms with Crippen LogP contribution in [0.3, 0.4) is 0 Å². The van der Waals surface area contributed by atoms with E-state index >= 15 is 0 Å². The summed E-state index contributed by atoms with van der Waals surface area (Å²) < 4.78 is 7.33. The summed E-state index contributed by atoms with van der Waals surface area (Å²) in [7, 11) is 0. The van der Waals surface area contributed by atoms with Crippen molar-refractivity contribution in [2.45, 2.75) is 52.7 Å². The van der Waals surface area contributed by atoms with Crippen molar-refractivity contribution in [2.75, 3.05) is 6.54 Å². The molecule has 0 aliphatic heterocycles. The van der Waals surface area contributed by atoms with E-state index in [0.29, 0.717) is 13.1 Å². The third-order valence-corrected chi connectivity index (χ3v) is 7.10. The van der Waals surface area contributed by atoms with Crippen LogP contribution in [0.2, 0.25) is 0 Å². The first-order valence-electron chi connectivity index (χ1n) is 12.7. The smallest absolute Gasteiger partial charge is 0.252 e. The Bertz CT molecular complexity index is 1520. The van der Waals surface area contributed by atoms with E-state index in [1.807, 2.05) is 31.2 Å². The number of pyridine rings is 1. The summed E-state index contributed by atoms with van der Waals surface area (Å²) in [6, 6.07) is 20.3. The summed E-state index contributed by atoms with van der Waals surface area (Å²) in [5.74, 6) is 1.55. The van der Waals surface area contributed by atoms with Crippen LogP contribution in [0, 0.1) is 13.8 Å². The van der Waals surface area contributed by atoms with Crippen molar-refractivity contribution in [3.8, 4) is 0 Å². The van der Waals surface area contributed by atoms with Gasteiger partial charge in [-0.25, -0.2) is 4.68 Å². The number of H-pyrrole nitrogens is 1. The molecule has 3 heterocycles. The Morgan fingerprint density at radius 2 is 1.92 bits per heavy atom. The summed E-state index contributed by atoms with van der Waals surface area (Å²) in [5.41, 5.74) is 5.08. The summed E-state index contributed by atoms with van der Waals surface area (Å²) in [5, 5.41) is 13.7. The van der Waals surface area contributed by atoms with Gasteiger partial charge in [0.05, 0.1) is 17.8 Å². The van der Waals surface area contributed by atoms with Gasteiger partial charge in [0.1, 0.15) is 12.3 Å². The Balaban J connectivity index is 1.49. The molecular weight excluding hydrogens is 464 g/mol. The molecule has 190 valence electrons. The fourth-order valence-corrected chi connectivity index (χ4v) is 4.89. The van der Waals surface area contributed by atoms with Crippen LogP contribution in [0.15, 0.2) is 76.1 Å². The number of rotatable bonds is 10. The minimum absolute atomic E-state index is 0.0593. The number of benzene rings is 2. The largest absolute Gasteiger partial charge is 0.467 e. The van der Waals surface area contributed by atoms with Crippen molar-refractivity contribution in [1.29, 1.82) is 0 Å². The second-order valence-corrected chi connectivity index (χ2v) is 9.50. The summed E-state index contributed by atoms with van der Waals surface area (Å²) in [6.07, 6.45) is 3.29. The molecule has 8 nitrogen and oxygen atoms in total. The molecule has 5 rings (SSSR count). The number of hydrogen-bond donors (Lipinski definition) is 1. The zero-order chi connectivity index (χ0) is 25.8. The fraction of sp³-hybridized carbons (Fsp3) is 0.310. The molecule has 0 amide bonds. The lowest BCUT2D eigenvalue weighted by atomic mass is 10.0. The topological polar surface area (TPSA) is 92.8 Å². The summed E-state index contributed by atoms with van der Waals surface area (Å²) in [6.45, 7) is 7.92. The highest BCUT2D eigenvalue weighted by Crippen LogP contribution is 2.26. The highest BCUT2D eigenvalue weighted by molar-refractivity contribution is 5.83. The van der Waals surface area contributed by atoms with Crippen molar-refractivity contribution < 1.29 is 4.42 Å². The highest BCUT2D eigenvalue weighted by Gasteiger charge is 2.26. The van der Waals surface area contributed by atoms with E-state index in [9.17, 15) is 4.79 Å². The molecule has 1 N–H and O–H groups in total. The number of nitrogens with zero attached hydrogens (tertiary/aromatic N) is 5. The van der Waals surface area contributed by atoms with Gasteiger partial charge in [0.15, 0.2) is 5.82 Å². The first-order chi connectivity index (χ1) is 18.0. The Morgan fingerprint density at radius 1 is 1.08 bits per heavy atom. The van der Waals surface area contributed by atoms with Crippen LogP contribution >= 0.6 is 0 Å². The number of aromatic nitrogens is 5. The van der Waals surface area contributed by atoms with E-state index < -0.39 is 0 Å². The Kier molecular flexibility index (Phi) is 7.28. The second-order valence-electron chi connectivity index (χ2n) is 9.50. The minimum atomic E-state index is -0.0801. The lowest BCUT2D eigenvalue weighted by Crippen LogP contribution is -2.34. The van der Waals surface area contributed by atoms with Gasteiger partial charge < -0.3 is 9.40 Å². The van der Waals surface area contributed by atoms with E-state index in [4.69, 9.17) is 4.42 Å². The predicted molar refractivity (Wildman–Crippen MR) is 143 cm³/mol. The molecule has 0 aliphatic rings. The van der Waals surface area contributed by atoms with Crippen LogP contribution in [0.25, 0.3) is 10.9 Å². The molecule has 2 aromatic carbocycles. The van der Waals surface area contributed by atoms with Gasteiger partial charge in [-0.1, -0.05) is 49.4 Å². The van der Waals surface area contributed by atoms with E-state index in [0.717, 1.165) is 58.6 Å². The minimum Gasteiger partial charge on any atom is -0.467 e. The molecule has 1 atom stereocenters. The van der Waals surface area contributed by atoms with Crippen LogP contribution in [0.1, 0.15) is 53.2 Å². The molecule has 5 aromatic rings. The lowest BCUT2D eigenvalue weighted by Gasteiger charge is -2.30. The van der Waals surface area contributed by atoms with Crippen LogP contribution in [-0.4, -0.2) is 36.6 Å². The van der Waals surface area contributed by atoms with Crippen molar-refractivity contribution in [3.05, 3.63) is 111 Å². The number of furan rings is 1. The van der Waals surface area contributed by atoms with Crippen molar-refractivity contribution in [2.24, 2.45) is 0 Å². The maximum atomic E-state index is 13.2. The number of aromatic amines is 1. The number of nitrogens with one attached hydrogen (secondary N) is 1. The third kappa shape index (κ3) is 5.39. The lowest BCUT2D eigenvalue weighted by molar-refractivity contribution is 0.172. The van der Waals surface area contributed by atoms with E-state index in [1.165, 1.54) is 5.56 Å². The molecule has 3 aromatic heterocycles. The van der Waals surface area contributed by atoms with Crippen molar-refractivity contribution in [3.63, 3.8) is 0 Å². The van der Waals surface area contributed by atoms with E-state index in [-0.39, 0.29) is 11.6 Å². The number of fused-ring (bicyclic) bond motifs is 1.